The standard InChI is InChI=1S/C13H11FNS/c14-12-6-1-2-7-13(12)16-10-8-11-5-3-4-9-15-11/h2-7,9H,8,10H2. The van der Waals surface area contributed by atoms with Gasteiger partial charge in [0.2, 0.25) is 0 Å². The molecule has 81 valence electrons. The third-order valence-electron chi connectivity index (χ3n) is 2.12. The lowest BCUT2D eigenvalue weighted by atomic mass is 10.3. The molecule has 0 fully saturated rings. The van der Waals surface area contributed by atoms with Crippen LogP contribution < -0.4 is 0 Å². The third kappa shape index (κ3) is 3.07. The predicted molar refractivity (Wildman–Crippen MR) is 63.9 cm³/mol. The summed E-state index contributed by atoms with van der Waals surface area (Å²) in [7, 11) is 0. The zero-order valence-corrected chi connectivity index (χ0v) is 9.51. The van der Waals surface area contributed by atoms with E-state index in [2.05, 4.69) is 11.1 Å². The van der Waals surface area contributed by atoms with Gasteiger partial charge >= 0.3 is 0 Å². The van der Waals surface area contributed by atoms with Crippen LogP contribution in [-0.2, 0) is 6.42 Å². The first-order valence-electron chi connectivity index (χ1n) is 5.04. The molecule has 0 spiro atoms. The van der Waals surface area contributed by atoms with Crippen molar-refractivity contribution in [2.75, 3.05) is 5.75 Å². The molecule has 0 saturated carbocycles. The summed E-state index contributed by atoms with van der Waals surface area (Å²) in [5.74, 6) is 0.631. The van der Waals surface area contributed by atoms with Crippen LogP contribution in [0, 0.1) is 11.9 Å². The van der Waals surface area contributed by atoms with Crippen LogP contribution in [0.2, 0.25) is 0 Å². The molecule has 1 aromatic heterocycles. The van der Waals surface area contributed by atoms with Gasteiger partial charge in [0.05, 0.1) is 0 Å². The van der Waals surface area contributed by atoms with Crippen molar-refractivity contribution in [3.8, 4) is 0 Å². The SMILES string of the molecule is Fc1c[c]ccc1SCCc1ccccn1. The van der Waals surface area contributed by atoms with Crippen molar-refractivity contribution in [1.29, 1.82) is 0 Å². The van der Waals surface area contributed by atoms with Gasteiger partial charge in [0, 0.05) is 22.5 Å². The minimum Gasteiger partial charge on any atom is -0.261 e. The van der Waals surface area contributed by atoms with Gasteiger partial charge in [-0.1, -0.05) is 12.1 Å². The summed E-state index contributed by atoms with van der Waals surface area (Å²) in [4.78, 5) is 4.89. The summed E-state index contributed by atoms with van der Waals surface area (Å²) in [6.45, 7) is 0. The van der Waals surface area contributed by atoms with E-state index in [0.29, 0.717) is 4.90 Å². The fourth-order valence-electron chi connectivity index (χ4n) is 1.32. The highest BCUT2D eigenvalue weighted by Crippen LogP contribution is 2.21. The second kappa shape index (κ2) is 5.66. The molecule has 0 aliphatic carbocycles. The molecule has 0 saturated heterocycles. The minimum absolute atomic E-state index is 0.200. The van der Waals surface area contributed by atoms with E-state index in [1.807, 2.05) is 18.2 Å². The fourth-order valence-corrected chi connectivity index (χ4v) is 2.22. The molecule has 1 aromatic carbocycles. The maximum Gasteiger partial charge on any atom is 0.137 e. The lowest BCUT2D eigenvalue weighted by Gasteiger charge is -2.02. The molecular weight excluding hydrogens is 221 g/mol. The van der Waals surface area contributed by atoms with Crippen molar-refractivity contribution < 1.29 is 4.39 Å². The van der Waals surface area contributed by atoms with E-state index in [4.69, 9.17) is 0 Å². The zero-order valence-electron chi connectivity index (χ0n) is 8.69. The molecule has 1 heterocycles. The number of aryl methyl sites for hydroxylation is 1. The molecule has 0 aliphatic heterocycles. The van der Waals surface area contributed by atoms with Gasteiger partial charge in [-0.2, -0.15) is 0 Å². The molecule has 0 aliphatic rings. The van der Waals surface area contributed by atoms with E-state index in [0.717, 1.165) is 17.9 Å². The Morgan fingerprint density at radius 1 is 1.31 bits per heavy atom. The Labute approximate surface area is 98.7 Å². The van der Waals surface area contributed by atoms with Crippen molar-refractivity contribution in [3.05, 3.63) is 60.2 Å². The van der Waals surface area contributed by atoms with E-state index in [1.165, 1.54) is 17.8 Å². The number of pyridine rings is 1. The number of hydrogen-bond donors (Lipinski definition) is 0. The normalized spacial score (nSPS) is 10.3. The van der Waals surface area contributed by atoms with Crippen LogP contribution in [0.1, 0.15) is 5.69 Å². The first kappa shape index (κ1) is 11.1. The number of hydrogen-bond acceptors (Lipinski definition) is 2. The number of thioether (sulfide) groups is 1. The first-order valence-corrected chi connectivity index (χ1v) is 6.03. The highest BCUT2D eigenvalue weighted by atomic mass is 32.2. The summed E-state index contributed by atoms with van der Waals surface area (Å²) in [6.07, 6.45) is 2.63. The minimum atomic E-state index is -0.200. The molecule has 2 aromatic rings. The summed E-state index contributed by atoms with van der Waals surface area (Å²) in [5.41, 5.74) is 1.04. The molecule has 0 atom stereocenters. The molecule has 2 rings (SSSR count). The van der Waals surface area contributed by atoms with Gasteiger partial charge in [-0.05, 0) is 36.8 Å². The molecule has 0 bridgehead atoms. The van der Waals surface area contributed by atoms with Crippen molar-refractivity contribution in [1.82, 2.24) is 4.98 Å². The Hall–Kier alpha value is -1.35. The van der Waals surface area contributed by atoms with Crippen LogP contribution in [0.15, 0.2) is 47.5 Å². The predicted octanol–water partition coefficient (Wildman–Crippen LogP) is 3.36. The Morgan fingerprint density at radius 2 is 2.25 bits per heavy atom. The average Bonchev–Trinajstić information content (AvgIpc) is 2.33. The van der Waals surface area contributed by atoms with E-state index in [1.54, 1.807) is 18.3 Å². The number of halogens is 1. The summed E-state index contributed by atoms with van der Waals surface area (Å²) >= 11 is 1.51. The van der Waals surface area contributed by atoms with Crippen LogP contribution >= 0.6 is 11.8 Å². The maximum atomic E-state index is 13.2. The summed E-state index contributed by atoms with van der Waals surface area (Å²) in [5, 5.41) is 0. The van der Waals surface area contributed by atoms with Gasteiger partial charge in [-0.25, -0.2) is 4.39 Å². The molecule has 0 unspecified atom stereocenters. The lowest BCUT2D eigenvalue weighted by molar-refractivity contribution is 0.601. The van der Waals surface area contributed by atoms with E-state index >= 15 is 0 Å². The van der Waals surface area contributed by atoms with E-state index in [9.17, 15) is 4.39 Å². The van der Waals surface area contributed by atoms with E-state index < -0.39 is 0 Å². The second-order valence-electron chi connectivity index (χ2n) is 3.28. The Morgan fingerprint density at radius 3 is 3.00 bits per heavy atom. The van der Waals surface area contributed by atoms with Crippen LogP contribution in [0.3, 0.4) is 0 Å². The Bertz CT molecular complexity index is 445. The maximum absolute atomic E-state index is 13.2. The van der Waals surface area contributed by atoms with E-state index in [-0.39, 0.29) is 5.82 Å². The molecule has 1 nitrogen and oxygen atoms in total. The quantitative estimate of drug-likeness (QED) is 0.750. The van der Waals surface area contributed by atoms with Gasteiger partial charge in [0.15, 0.2) is 0 Å². The summed E-state index contributed by atoms with van der Waals surface area (Å²) < 4.78 is 13.2. The van der Waals surface area contributed by atoms with Crippen molar-refractivity contribution >= 4 is 11.8 Å². The third-order valence-corrected chi connectivity index (χ3v) is 3.17. The Balaban J connectivity index is 1.87. The lowest BCUT2D eigenvalue weighted by Crippen LogP contribution is -1.92. The number of rotatable bonds is 4. The van der Waals surface area contributed by atoms with Gasteiger partial charge in [0.25, 0.3) is 0 Å². The Kier molecular flexibility index (Phi) is 3.94. The number of benzene rings is 1. The van der Waals surface area contributed by atoms with Gasteiger partial charge in [0.1, 0.15) is 5.82 Å². The number of nitrogens with zero attached hydrogens (tertiary/aromatic N) is 1. The van der Waals surface area contributed by atoms with Crippen molar-refractivity contribution in [2.24, 2.45) is 0 Å². The van der Waals surface area contributed by atoms with Gasteiger partial charge in [-0.3, -0.25) is 4.98 Å². The van der Waals surface area contributed by atoms with Crippen LogP contribution in [0.5, 0.6) is 0 Å². The molecular formula is C13H11FNS. The fraction of sp³-hybridized carbons (Fsp3) is 0.154. The van der Waals surface area contributed by atoms with Crippen LogP contribution in [-0.4, -0.2) is 10.7 Å². The molecule has 0 amide bonds. The molecule has 0 N–H and O–H groups in total. The molecule has 3 heteroatoms. The molecule has 1 radical (unpaired) electrons. The van der Waals surface area contributed by atoms with Crippen molar-refractivity contribution in [2.45, 2.75) is 11.3 Å². The molecule has 16 heavy (non-hydrogen) atoms. The monoisotopic (exact) mass is 232 g/mol. The van der Waals surface area contributed by atoms with Crippen LogP contribution in [0.25, 0.3) is 0 Å². The number of aromatic nitrogens is 1. The summed E-state index contributed by atoms with van der Waals surface area (Å²) in [6, 6.07) is 13.4. The highest BCUT2D eigenvalue weighted by Gasteiger charge is 2.01. The largest absolute Gasteiger partial charge is 0.261 e. The second-order valence-corrected chi connectivity index (χ2v) is 4.41. The first-order chi connectivity index (χ1) is 7.86. The van der Waals surface area contributed by atoms with Crippen LogP contribution in [0.4, 0.5) is 4.39 Å². The smallest absolute Gasteiger partial charge is 0.137 e. The topological polar surface area (TPSA) is 12.9 Å². The van der Waals surface area contributed by atoms with Crippen molar-refractivity contribution in [3.63, 3.8) is 0 Å². The average molecular weight is 232 g/mol. The van der Waals surface area contributed by atoms with Gasteiger partial charge in [-0.15, -0.1) is 11.8 Å². The highest BCUT2D eigenvalue weighted by molar-refractivity contribution is 7.99. The zero-order chi connectivity index (χ0) is 11.2. The van der Waals surface area contributed by atoms with Gasteiger partial charge < -0.3 is 0 Å².